The first-order chi connectivity index (χ1) is 11.9. The summed E-state index contributed by atoms with van der Waals surface area (Å²) in [5, 5.41) is 4.85. The van der Waals surface area contributed by atoms with Gasteiger partial charge in [0.05, 0.1) is 29.4 Å². The van der Waals surface area contributed by atoms with Crippen molar-refractivity contribution in [2.45, 2.75) is 12.3 Å². The molecular weight excluding hydrogens is 360 g/mol. The Morgan fingerprint density at radius 3 is 2.72 bits per heavy atom. The smallest absolute Gasteiger partial charge is 0.216 e. The van der Waals surface area contributed by atoms with Gasteiger partial charge in [-0.25, -0.2) is 13.1 Å². The number of hydrogen-bond donors (Lipinski definition) is 1. The summed E-state index contributed by atoms with van der Waals surface area (Å²) in [5.41, 5.74) is 2.86. The number of halogens is 1. The maximum absolute atomic E-state index is 12.2. The van der Waals surface area contributed by atoms with E-state index in [1.54, 1.807) is 42.2 Å². The van der Waals surface area contributed by atoms with E-state index in [1.807, 2.05) is 24.3 Å². The van der Waals surface area contributed by atoms with Crippen LogP contribution in [0.5, 0.6) is 0 Å². The zero-order valence-corrected chi connectivity index (χ0v) is 15.1. The molecule has 0 aliphatic rings. The second-order valence-corrected chi connectivity index (χ2v) is 7.81. The number of benzene rings is 1. The first-order valence-electron chi connectivity index (χ1n) is 7.59. The highest BCUT2D eigenvalue weighted by Gasteiger charge is 2.14. The van der Waals surface area contributed by atoms with Gasteiger partial charge in [-0.3, -0.25) is 9.67 Å². The second-order valence-electron chi connectivity index (χ2n) is 5.57. The first kappa shape index (κ1) is 17.6. The molecule has 2 aromatic heterocycles. The van der Waals surface area contributed by atoms with Crippen LogP contribution in [-0.4, -0.2) is 23.2 Å². The van der Waals surface area contributed by atoms with Gasteiger partial charge in [0.2, 0.25) is 10.0 Å². The Morgan fingerprint density at radius 1 is 1.16 bits per heavy atom. The third-order valence-corrected chi connectivity index (χ3v) is 5.11. The highest BCUT2D eigenvalue weighted by molar-refractivity contribution is 7.88. The largest absolute Gasteiger partial charge is 0.266 e. The summed E-state index contributed by atoms with van der Waals surface area (Å²) < 4.78 is 28.7. The van der Waals surface area contributed by atoms with Gasteiger partial charge in [-0.1, -0.05) is 29.8 Å². The van der Waals surface area contributed by atoms with Gasteiger partial charge < -0.3 is 0 Å². The van der Waals surface area contributed by atoms with E-state index in [1.165, 1.54) is 0 Å². The van der Waals surface area contributed by atoms with E-state index in [9.17, 15) is 8.42 Å². The predicted molar refractivity (Wildman–Crippen MR) is 97.4 cm³/mol. The van der Waals surface area contributed by atoms with Crippen molar-refractivity contribution in [1.29, 1.82) is 0 Å². The second kappa shape index (κ2) is 7.35. The van der Waals surface area contributed by atoms with Crippen molar-refractivity contribution < 1.29 is 8.42 Å². The summed E-state index contributed by atoms with van der Waals surface area (Å²) in [6, 6.07) is 14.2. The van der Waals surface area contributed by atoms with Crippen molar-refractivity contribution in [3.05, 3.63) is 71.0 Å². The lowest BCUT2D eigenvalue weighted by Crippen LogP contribution is -2.25. The Hall–Kier alpha value is -2.22. The average Bonchev–Trinajstić information content (AvgIpc) is 2.95. The molecule has 0 unspecified atom stereocenters. The molecule has 8 heteroatoms. The third-order valence-electron chi connectivity index (χ3n) is 3.58. The van der Waals surface area contributed by atoms with E-state index in [-0.39, 0.29) is 12.3 Å². The van der Waals surface area contributed by atoms with Gasteiger partial charge in [-0.15, -0.1) is 0 Å². The van der Waals surface area contributed by atoms with Crippen molar-refractivity contribution in [1.82, 2.24) is 19.5 Å². The molecule has 3 rings (SSSR count). The quantitative estimate of drug-likeness (QED) is 0.717. The Labute approximate surface area is 151 Å². The minimum absolute atomic E-state index is 0.115. The zero-order chi connectivity index (χ0) is 17.9. The number of rotatable bonds is 6. The highest BCUT2D eigenvalue weighted by atomic mass is 35.5. The number of nitrogens with one attached hydrogen (secondary N) is 1. The molecule has 0 atom stereocenters. The van der Waals surface area contributed by atoms with E-state index in [0.29, 0.717) is 16.3 Å². The fourth-order valence-electron chi connectivity index (χ4n) is 2.45. The van der Waals surface area contributed by atoms with Crippen molar-refractivity contribution in [3.63, 3.8) is 0 Å². The molecule has 0 fully saturated rings. The highest BCUT2D eigenvalue weighted by Crippen LogP contribution is 2.17. The van der Waals surface area contributed by atoms with Gasteiger partial charge in [0, 0.05) is 18.3 Å². The van der Waals surface area contributed by atoms with E-state index in [2.05, 4.69) is 14.8 Å². The van der Waals surface area contributed by atoms with Crippen LogP contribution in [0.3, 0.4) is 0 Å². The first-order valence-corrected chi connectivity index (χ1v) is 9.62. The van der Waals surface area contributed by atoms with E-state index < -0.39 is 10.0 Å². The van der Waals surface area contributed by atoms with Crippen molar-refractivity contribution in [2.75, 3.05) is 0 Å². The lowest BCUT2D eigenvalue weighted by molar-refractivity contribution is 0.578. The molecule has 0 saturated heterocycles. The van der Waals surface area contributed by atoms with Gasteiger partial charge in [-0.2, -0.15) is 5.10 Å². The molecular formula is C17H17ClN4O2S. The molecule has 0 radical (unpaired) electrons. The Kier molecular flexibility index (Phi) is 5.17. The van der Waals surface area contributed by atoms with Crippen LogP contribution in [0.15, 0.2) is 54.7 Å². The topological polar surface area (TPSA) is 76.9 Å². The molecule has 25 heavy (non-hydrogen) atoms. The number of nitrogens with zero attached hydrogens (tertiary/aromatic N) is 3. The van der Waals surface area contributed by atoms with Crippen molar-refractivity contribution in [3.8, 4) is 11.4 Å². The predicted octanol–water partition coefficient (Wildman–Crippen LogP) is 2.76. The summed E-state index contributed by atoms with van der Waals surface area (Å²) >= 11 is 5.89. The van der Waals surface area contributed by atoms with Crippen LogP contribution >= 0.6 is 11.6 Å². The van der Waals surface area contributed by atoms with E-state index in [0.717, 1.165) is 11.4 Å². The van der Waals surface area contributed by atoms with Crippen LogP contribution in [0, 0.1) is 0 Å². The van der Waals surface area contributed by atoms with Gasteiger partial charge in [0.1, 0.15) is 0 Å². The number of aromatic nitrogens is 3. The van der Waals surface area contributed by atoms with Gasteiger partial charge in [0.25, 0.3) is 0 Å². The molecule has 0 aliphatic carbocycles. The average molecular weight is 377 g/mol. The molecule has 2 heterocycles. The molecule has 0 spiro atoms. The molecule has 0 aliphatic heterocycles. The summed E-state index contributed by atoms with van der Waals surface area (Å²) in [6.45, 7) is 0.115. The lowest BCUT2D eigenvalue weighted by Gasteiger charge is -2.05. The molecule has 0 bridgehead atoms. The molecule has 0 amide bonds. The van der Waals surface area contributed by atoms with E-state index in [4.69, 9.17) is 11.6 Å². The minimum atomic E-state index is -3.49. The molecule has 3 aromatic rings. The summed E-state index contributed by atoms with van der Waals surface area (Å²) in [5.74, 6) is -0.131. The minimum Gasteiger partial charge on any atom is -0.266 e. The van der Waals surface area contributed by atoms with Crippen LogP contribution in [0.25, 0.3) is 11.4 Å². The standard InChI is InChI=1S/C17H17ClN4O2S/c1-22-17(16-7-2-3-8-19-16)10-15(21-22)11-20-25(23,24)12-13-5-4-6-14(18)9-13/h2-10,20H,11-12H2,1H3. The third kappa shape index (κ3) is 4.66. The zero-order valence-electron chi connectivity index (χ0n) is 13.6. The maximum Gasteiger partial charge on any atom is 0.216 e. The summed E-state index contributed by atoms with van der Waals surface area (Å²) in [6.07, 6.45) is 1.70. The Balaban J connectivity index is 1.69. The van der Waals surface area contributed by atoms with Crippen LogP contribution in [0.2, 0.25) is 5.02 Å². The summed E-state index contributed by atoms with van der Waals surface area (Å²) in [4.78, 5) is 4.28. The molecule has 130 valence electrons. The summed E-state index contributed by atoms with van der Waals surface area (Å²) in [7, 11) is -1.69. The number of sulfonamides is 1. The molecule has 1 N–H and O–H groups in total. The maximum atomic E-state index is 12.2. The van der Waals surface area contributed by atoms with Gasteiger partial charge in [-0.05, 0) is 35.9 Å². The SMILES string of the molecule is Cn1nc(CNS(=O)(=O)Cc2cccc(Cl)c2)cc1-c1ccccn1. The molecule has 1 aromatic carbocycles. The van der Waals surface area contributed by atoms with Crippen molar-refractivity contribution >= 4 is 21.6 Å². The van der Waals surface area contributed by atoms with Crippen LogP contribution in [0.4, 0.5) is 0 Å². The van der Waals surface area contributed by atoms with Crippen LogP contribution in [-0.2, 0) is 29.4 Å². The van der Waals surface area contributed by atoms with Gasteiger partial charge >= 0.3 is 0 Å². The van der Waals surface area contributed by atoms with Crippen LogP contribution in [0.1, 0.15) is 11.3 Å². The lowest BCUT2D eigenvalue weighted by atomic mass is 10.2. The number of aryl methyl sites for hydroxylation is 1. The fraction of sp³-hybridized carbons (Fsp3) is 0.176. The number of hydrogen-bond acceptors (Lipinski definition) is 4. The fourth-order valence-corrected chi connectivity index (χ4v) is 3.75. The Morgan fingerprint density at radius 2 is 2.00 bits per heavy atom. The number of pyridine rings is 1. The van der Waals surface area contributed by atoms with Crippen molar-refractivity contribution in [2.24, 2.45) is 7.05 Å². The molecule has 6 nitrogen and oxygen atoms in total. The normalized spacial score (nSPS) is 11.6. The molecule has 0 saturated carbocycles. The van der Waals surface area contributed by atoms with Crippen LogP contribution < -0.4 is 4.72 Å². The van der Waals surface area contributed by atoms with Gasteiger partial charge in [0.15, 0.2) is 0 Å². The Bertz CT molecular complexity index is 971. The monoisotopic (exact) mass is 376 g/mol. The van der Waals surface area contributed by atoms with E-state index >= 15 is 0 Å².